The number of carbonyl (C=O) groups is 2. The number of hydrogen-bond acceptors (Lipinski definition) is 7. The predicted molar refractivity (Wildman–Crippen MR) is 123 cm³/mol. The Balaban J connectivity index is 2.01. The first kappa shape index (κ1) is 22.7. The largest absolute Gasteiger partial charge is 0.497 e. The first-order valence-electron chi connectivity index (χ1n) is 9.24. The van der Waals surface area contributed by atoms with Crippen LogP contribution in [0.2, 0.25) is 5.02 Å². The van der Waals surface area contributed by atoms with Crippen molar-refractivity contribution in [2.24, 2.45) is 4.99 Å². The number of rotatable bonds is 6. The number of thioether (sulfide) groups is 1. The van der Waals surface area contributed by atoms with Crippen molar-refractivity contribution in [2.45, 2.75) is 12.2 Å². The highest BCUT2D eigenvalue weighted by atomic mass is 35.5. The molecule has 1 atom stereocenters. The van der Waals surface area contributed by atoms with Gasteiger partial charge in [0.1, 0.15) is 22.4 Å². The summed E-state index contributed by atoms with van der Waals surface area (Å²) < 4.78 is 15.3. The Morgan fingerprint density at radius 2 is 1.84 bits per heavy atom. The first-order chi connectivity index (χ1) is 14.9. The van der Waals surface area contributed by atoms with Crippen molar-refractivity contribution in [3.05, 3.63) is 58.7 Å². The van der Waals surface area contributed by atoms with E-state index in [0.29, 0.717) is 27.4 Å². The van der Waals surface area contributed by atoms with E-state index in [-0.39, 0.29) is 11.6 Å². The van der Waals surface area contributed by atoms with Gasteiger partial charge in [-0.3, -0.25) is 14.5 Å². The smallest absolute Gasteiger partial charge is 0.318 e. The third kappa shape index (κ3) is 5.03. The van der Waals surface area contributed by atoms with Crippen LogP contribution in [0, 0.1) is 0 Å². The molecule has 1 unspecified atom stereocenters. The molecule has 2 aromatic carbocycles. The molecule has 0 saturated heterocycles. The number of amides is 1. The van der Waals surface area contributed by atoms with E-state index in [1.54, 1.807) is 50.4 Å². The van der Waals surface area contributed by atoms with Crippen LogP contribution < -0.4 is 14.4 Å². The lowest BCUT2D eigenvalue weighted by Gasteiger charge is -2.20. The number of halogens is 1. The number of esters is 1. The molecule has 0 bridgehead atoms. The molecule has 1 aliphatic rings. The van der Waals surface area contributed by atoms with Crippen molar-refractivity contribution >= 4 is 52.2 Å². The fourth-order valence-electron chi connectivity index (χ4n) is 2.82. The molecule has 1 amide bonds. The molecule has 162 valence electrons. The Bertz CT molecular complexity index is 1050. The standard InChI is InChI=1S/C22H21ClN2O5S/c1-13(21(27)30-4)31-22-24-18(11-14-5-8-16(28-2)9-6-14)20(26)25(22)15-7-10-17(23)19(12-15)29-3/h5-13H,1-4H3/b18-11-. The van der Waals surface area contributed by atoms with Crippen LogP contribution in [0.15, 0.2) is 53.2 Å². The third-order valence-electron chi connectivity index (χ3n) is 4.46. The van der Waals surface area contributed by atoms with Crippen LogP contribution in [0.4, 0.5) is 5.69 Å². The maximum Gasteiger partial charge on any atom is 0.318 e. The Kier molecular flexibility index (Phi) is 7.25. The van der Waals surface area contributed by atoms with Gasteiger partial charge in [-0.2, -0.15) is 0 Å². The lowest BCUT2D eigenvalue weighted by molar-refractivity contribution is -0.139. The number of amidine groups is 1. The van der Waals surface area contributed by atoms with Crippen molar-refractivity contribution in [3.8, 4) is 11.5 Å². The monoisotopic (exact) mass is 460 g/mol. The molecule has 7 nitrogen and oxygen atoms in total. The summed E-state index contributed by atoms with van der Waals surface area (Å²) in [5, 5.41) is 0.210. The maximum atomic E-state index is 13.3. The molecule has 0 N–H and O–H groups in total. The molecule has 3 rings (SSSR count). The van der Waals surface area contributed by atoms with Crippen LogP contribution in [-0.4, -0.2) is 43.6 Å². The van der Waals surface area contributed by atoms with Gasteiger partial charge in [-0.05, 0) is 42.8 Å². The van der Waals surface area contributed by atoms with Crippen LogP contribution >= 0.6 is 23.4 Å². The minimum atomic E-state index is -0.561. The second kappa shape index (κ2) is 9.89. The minimum absolute atomic E-state index is 0.235. The van der Waals surface area contributed by atoms with E-state index in [1.807, 2.05) is 12.1 Å². The molecule has 31 heavy (non-hydrogen) atoms. The number of aliphatic imine (C=N–C) groups is 1. The Labute approximate surface area is 189 Å². The van der Waals surface area contributed by atoms with E-state index in [2.05, 4.69) is 4.99 Å². The van der Waals surface area contributed by atoms with Crippen molar-refractivity contribution in [2.75, 3.05) is 26.2 Å². The van der Waals surface area contributed by atoms with Crippen molar-refractivity contribution < 1.29 is 23.8 Å². The first-order valence-corrected chi connectivity index (χ1v) is 10.5. The average Bonchev–Trinajstić information content (AvgIpc) is 3.08. The number of carbonyl (C=O) groups excluding carboxylic acids is 2. The van der Waals surface area contributed by atoms with Gasteiger partial charge in [0.05, 0.1) is 32.0 Å². The topological polar surface area (TPSA) is 77.4 Å². The molecular weight excluding hydrogens is 440 g/mol. The van der Waals surface area contributed by atoms with Gasteiger partial charge >= 0.3 is 5.97 Å². The fourth-order valence-corrected chi connectivity index (χ4v) is 3.97. The highest BCUT2D eigenvalue weighted by Crippen LogP contribution is 2.35. The van der Waals surface area contributed by atoms with E-state index in [1.165, 1.54) is 19.1 Å². The number of ether oxygens (including phenoxy) is 3. The normalized spacial score (nSPS) is 15.6. The van der Waals surface area contributed by atoms with E-state index in [4.69, 9.17) is 25.8 Å². The summed E-state index contributed by atoms with van der Waals surface area (Å²) in [6.45, 7) is 1.69. The molecule has 9 heteroatoms. The molecule has 0 aromatic heterocycles. The van der Waals surface area contributed by atoms with Crippen molar-refractivity contribution in [1.82, 2.24) is 0 Å². The number of benzene rings is 2. The fraction of sp³-hybridized carbons (Fsp3) is 0.227. The number of methoxy groups -OCH3 is 3. The summed E-state index contributed by atoms with van der Waals surface area (Å²) in [6.07, 6.45) is 1.68. The van der Waals surface area contributed by atoms with Crippen LogP contribution in [0.25, 0.3) is 6.08 Å². The minimum Gasteiger partial charge on any atom is -0.497 e. The molecule has 0 fully saturated rings. The van der Waals surface area contributed by atoms with Crippen LogP contribution in [-0.2, 0) is 14.3 Å². The van der Waals surface area contributed by atoms with Crippen LogP contribution in [0.1, 0.15) is 12.5 Å². The molecule has 1 heterocycles. The second-order valence-electron chi connectivity index (χ2n) is 6.44. The third-order valence-corrected chi connectivity index (χ3v) is 5.80. The van der Waals surface area contributed by atoms with E-state index >= 15 is 0 Å². The zero-order valence-electron chi connectivity index (χ0n) is 17.4. The number of anilines is 1. The molecule has 0 saturated carbocycles. The average molecular weight is 461 g/mol. The predicted octanol–water partition coefficient (Wildman–Crippen LogP) is 4.40. The van der Waals surface area contributed by atoms with Gasteiger partial charge < -0.3 is 14.2 Å². The summed E-state index contributed by atoms with van der Waals surface area (Å²) in [4.78, 5) is 31.1. The van der Waals surface area contributed by atoms with Gasteiger partial charge in [0.25, 0.3) is 5.91 Å². The number of nitrogens with zero attached hydrogens (tertiary/aromatic N) is 2. The molecule has 0 spiro atoms. The summed E-state index contributed by atoms with van der Waals surface area (Å²) in [5.74, 6) is 0.382. The summed E-state index contributed by atoms with van der Waals surface area (Å²) in [6, 6.07) is 12.2. The molecular formula is C22H21ClN2O5S. The van der Waals surface area contributed by atoms with E-state index in [9.17, 15) is 9.59 Å². The highest BCUT2D eigenvalue weighted by molar-refractivity contribution is 8.15. The van der Waals surface area contributed by atoms with Crippen LogP contribution in [0.3, 0.4) is 0 Å². The van der Waals surface area contributed by atoms with Gasteiger partial charge in [-0.1, -0.05) is 35.5 Å². The Morgan fingerprint density at radius 3 is 2.45 bits per heavy atom. The molecule has 1 aliphatic heterocycles. The Hall–Kier alpha value is -2.97. The summed E-state index contributed by atoms with van der Waals surface area (Å²) in [7, 11) is 4.40. The molecule has 0 aliphatic carbocycles. The second-order valence-corrected chi connectivity index (χ2v) is 8.15. The van der Waals surface area contributed by atoms with Gasteiger partial charge in [0.15, 0.2) is 5.17 Å². The number of hydrogen-bond donors (Lipinski definition) is 0. The Morgan fingerprint density at radius 1 is 1.13 bits per heavy atom. The maximum absolute atomic E-state index is 13.3. The van der Waals surface area contributed by atoms with E-state index < -0.39 is 11.2 Å². The van der Waals surface area contributed by atoms with Gasteiger partial charge in [-0.15, -0.1) is 0 Å². The van der Waals surface area contributed by atoms with Gasteiger partial charge in [0.2, 0.25) is 0 Å². The lowest BCUT2D eigenvalue weighted by atomic mass is 10.2. The molecule has 2 aromatic rings. The summed E-state index contributed by atoms with van der Waals surface area (Å²) in [5.41, 5.74) is 1.54. The van der Waals surface area contributed by atoms with Crippen LogP contribution in [0.5, 0.6) is 11.5 Å². The molecule has 0 radical (unpaired) electrons. The quantitative estimate of drug-likeness (QED) is 0.470. The van der Waals surface area contributed by atoms with Crippen molar-refractivity contribution in [1.29, 1.82) is 0 Å². The van der Waals surface area contributed by atoms with E-state index in [0.717, 1.165) is 17.3 Å². The van der Waals surface area contributed by atoms with Gasteiger partial charge in [-0.25, -0.2) is 4.99 Å². The zero-order valence-corrected chi connectivity index (χ0v) is 19.0. The SMILES string of the molecule is COC(=O)C(C)SC1=N/C(=C\c2ccc(OC)cc2)C(=O)N1c1ccc(Cl)c(OC)c1. The van der Waals surface area contributed by atoms with Gasteiger partial charge in [0, 0.05) is 6.07 Å². The van der Waals surface area contributed by atoms with Crippen molar-refractivity contribution in [3.63, 3.8) is 0 Å². The summed E-state index contributed by atoms with van der Waals surface area (Å²) >= 11 is 7.27. The zero-order chi connectivity index (χ0) is 22.5. The lowest BCUT2D eigenvalue weighted by Crippen LogP contribution is -2.32. The highest BCUT2D eigenvalue weighted by Gasteiger charge is 2.34.